The molecule has 130 valence electrons. The summed E-state index contributed by atoms with van der Waals surface area (Å²) < 4.78 is 11.2. The van der Waals surface area contributed by atoms with Gasteiger partial charge in [-0.1, -0.05) is 39.0 Å². The summed E-state index contributed by atoms with van der Waals surface area (Å²) in [5, 5.41) is 0. The van der Waals surface area contributed by atoms with Gasteiger partial charge in [0.05, 0.1) is 25.6 Å². The minimum Gasteiger partial charge on any atom is -0.494 e. The van der Waals surface area contributed by atoms with Crippen molar-refractivity contribution in [3.05, 3.63) is 36.7 Å². The van der Waals surface area contributed by atoms with Crippen molar-refractivity contribution < 1.29 is 9.47 Å². The van der Waals surface area contributed by atoms with E-state index in [1.54, 1.807) is 12.4 Å². The van der Waals surface area contributed by atoms with Gasteiger partial charge in [0.15, 0.2) is 11.6 Å². The average molecular weight is 328 g/mol. The zero-order valence-electron chi connectivity index (χ0n) is 14.8. The van der Waals surface area contributed by atoms with Crippen LogP contribution in [0.25, 0.3) is 11.4 Å². The van der Waals surface area contributed by atoms with Crippen molar-refractivity contribution in [2.24, 2.45) is 0 Å². The van der Waals surface area contributed by atoms with E-state index >= 15 is 0 Å². The van der Waals surface area contributed by atoms with Crippen LogP contribution >= 0.6 is 0 Å². The minimum atomic E-state index is 0.667. The second-order valence-corrected chi connectivity index (χ2v) is 5.82. The van der Waals surface area contributed by atoms with E-state index in [2.05, 4.69) is 16.9 Å². The van der Waals surface area contributed by atoms with Gasteiger partial charge >= 0.3 is 0 Å². The number of rotatable bonds is 11. The number of hydrogen-bond donors (Lipinski definition) is 0. The van der Waals surface area contributed by atoms with E-state index in [0.717, 1.165) is 30.1 Å². The van der Waals surface area contributed by atoms with Crippen LogP contribution in [0.1, 0.15) is 52.4 Å². The second kappa shape index (κ2) is 10.6. The Morgan fingerprint density at radius 3 is 2.08 bits per heavy atom. The maximum Gasteiger partial charge on any atom is 0.159 e. The van der Waals surface area contributed by atoms with E-state index in [0.29, 0.717) is 12.4 Å². The van der Waals surface area contributed by atoms with Gasteiger partial charge in [-0.05, 0) is 37.6 Å². The van der Waals surface area contributed by atoms with Crippen molar-refractivity contribution in [3.63, 3.8) is 0 Å². The highest BCUT2D eigenvalue weighted by atomic mass is 16.5. The molecule has 24 heavy (non-hydrogen) atoms. The van der Waals surface area contributed by atoms with Crippen molar-refractivity contribution in [1.29, 1.82) is 0 Å². The molecule has 0 saturated heterocycles. The molecule has 0 radical (unpaired) electrons. The van der Waals surface area contributed by atoms with Crippen LogP contribution < -0.4 is 9.47 Å². The summed E-state index contributed by atoms with van der Waals surface area (Å²) in [5.41, 5.74) is 0.973. The van der Waals surface area contributed by atoms with Crippen LogP contribution in [0.5, 0.6) is 11.5 Å². The van der Waals surface area contributed by atoms with Gasteiger partial charge in [-0.3, -0.25) is 0 Å². The van der Waals surface area contributed by atoms with Gasteiger partial charge in [0.2, 0.25) is 0 Å². The van der Waals surface area contributed by atoms with Gasteiger partial charge in [-0.2, -0.15) is 0 Å². The number of unbranched alkanes of at least 4 members (excludes halogenated alkanes) is 5. The highest BCUT2D eigenvalue weighted by Crippen LogP contribution is 2.20. The molecule has 0 bridgehead atoms. The normalized spacial score (nSPS) is 10.6. The number of benzene rings is 1. The lowest BCUT2D eigenvalue weighted by molar-refractivity contribution is 0.302. The molecule has 1 aromatic heterocycles. The molecule has 0 aliphatic heterocycles. The summed E-state index contributed by atoms with van der Waals surface area (Å²) in [4.78, 5) is 8.77. The van der Waals surface area contributed by atoms with Gasteiger partial charge in [-0.25, -0.2) is 9.97 Å². The van der Waals surface area contributed by atoms with E-state index < -0.39 is 0 Å². The van der Waals surface area contributed by atoms with Crippen LogP contribution in [0.2, 0.25) is 0 Å². The first-order valence-electron chi connectivity index (χ1n) is 9.01. The van der Waals surface area contributed by atoms with Crippen LogP contribution in [-0.4, -0.2) is 23.2 Å². The topological polar surface area (TPSA) is 44.2 Å². The van der Waals surface area contributed by atoms with Gasteiger partial charge in [0.1, 0.15) is 5.75 Å². The third-order valence-corrected chi connectivity index (χ3v) is 3.82. The molecule has 0 aliphatic carbocycles. The third kappa shape index (κ3) is 6.19. The smallest absolute Gasteiger partial charge is 0.159 e. The Labute approximate surface area is 145 Å². The second-order valence-electron chi connectivity index (χ2n) is 5.82. The van der Waals surface area contributed by atoms with Crippen LogP contribution in [0, 0.1) is 0 Å². The van der Waals surface area contributed by atoms with Crippen LogP contribution in [0.3, 0.4) is 0 Å². The van der Waals surface area contributed by atoms with E-state index in [-0.39, 0.29) is 0 Å². The van der Waals surface area contributed by atoms with Crippen molar-refractivity contribution in [3.8, 4) is 22.9 Å². The van der Waals surface area contributed by atoms with Crippen molar-refractivity contribution >= 4 is 0 Å². The van der Waals surface area contributed by atoms with Crippen molar-refractivity contribution in [2.75, 3.05) is 13.2 Å². The molecule has 1 aromatic carbocycles. The highest BCUT2D eigenvalue weighted by Gasteiger charge is 2.03. The average Bonchev–Trinajstić information content (AvgIpc) is 2.62. The van der Waals surface area contributed by atoms with Crippen molar-refractivity contribution in [1.82, 2.24) is 9.97 Å². The summed E-state index contributed by atoms with van der Waals surface area (Å²) >= 11 is 0. The molecule has 0 aliphatic rings. The molecular formula is C20H28N2O2. The molecule has 0 N–H and O–H groups in total. The Balaban J connectivity index is 1.76. The fraction of sp³-hybridized carbons (Fsp3) is 0.500. The summed E-state index contributed by atoms with van der Waals surface area (Å²) in [6.45, 7) is 5.61. The van der Waals surface area contributed by atoms with Crippen molar-refractivity contribution in [2.45, 2.75) is 52.4 Å². The maximum absolute atomic E-state index is 5.71. The summed E-state index contributed by atoms with van der Waals surface area (Å²) in [6, 6.07) is 7.81. The highest BCUT2D eigenvalue weighted by molar-refractivity contribution is 5.56. The Hall–Kier alpha value is -2.10. The van der Waals surface area contributed by atoms with Gasteiger partial charge < -0.3 is 9.47 Å². The SMILES string of the molecule is CCCCCCCCOc1cnc(-c2ccc(OCC)cc2)nc1. The molecule has 0 unspecified atom stereocenters. The summed E-state index contributed by atoms with van der Waals surface area (Å²) in [7, 11) is 0. The van der Waals surface area contributed by atoms with E-state index in [1.807, 2.05) is 31.2 Å². The molecule has 0 amide bonds. The minimum absolute atomic E-state index is 0.667. The standard InChI is InChI=1S/C20H28N2O2/c1-3-5-6-7-8-9-14-24-19-15-21-20(22-16-19)17-10-12-18(13-11-17)23-4-2/h10-13,15-16H,3-9,14H2,1-2H3. The number of hydrogen-bond acceptors (Lipinski definition) is 4. The van der Waals surface area contributed by atoms with E-state index in [4.69, 9.17) is 9.47 Å². The number of ether oxygens (including phenoxy) is 2. The monoisotopic (exact) mass is 328 g/mol. The molecular weight excluding hydrogens is 300 g/mol. The Morgan fingerprint density at radius 1 is 0.750 bits per heavy atom. The third-order valence-electron chi connectivity index (χ3n) is 3.82. The molecule has 2 aromatic rings. The molecule has 0 fully saturated rings. The van der Waals surface area contributed by atoms with Gasteiger partial charge in [0.25, 0.3) is 0 Å². The first kappa shape index (κ1) is 18.2. The number of nitrogens with zero attached hydrogens (tertiary/aromatic N) is 2. The molecule has 0 saturated carbocycles. The first-order valence-corrected chi connectivity index (χ1v) is 9.01. The lowest BCUT2D eigenvalue weighted by atomic mass is 10.1. The lowest BCUT2D eigenvalue weighted by Crippen LogP contribution is -1.99. The Kier molecular flexibility index (Phi) is 8.08. The van der Waals surface area contributed by atoms with Crippen LogP contribution in [-0.2, 0) is 0 Å². The molecule has 0 spiro atoms. The zero-order chi connectivity index (χ0) is 17.0. The van der Waals surface area contributed by atoms with Gasteiger partial charge in [0, 0.05) is 5.56 Å². The molecule has 2 rings (SSSR count). The van der Waals surface area contributed by atoms with Crippen LogP contribution in [0.15, 0.2) is 36.7 Å². The Morgan fingerprint density at radius 2 is 1.42 bits per heavy atom. The van der Waals surface area contributed by atoms with Crippen LogP contribution in [0.4, 0.5) is 0 Å². The maximum atomic E-state index is 5.71. The lowest BCUT2D eigenvalue weighted by Gasteiger charge is -2.07. The number of aromatic nitrogens is 2. The fourth-order valence-corrected chi connectivity index (χ4v) is 2.48. The molecule has 0 atom stereocenters. The summed E-state index contributed by atoms with van der Waals surface area (Å²) in [6.07, 6.45) is 11.1. The quantitative estimate of drug-likeness (QED) is 0.526. The summed E-state index contributed by atoms with van der Waals surface area (Å²) in [5.74, 6) is 2.29. The largest absolute Gasteiger partial charge is 0.494 e. The van der Waals surface area contributed by atoms with E-state index in [9.17, 15) is 0 Å². The molecule has 4 nitrogen and oxygen atoms in total. The predicted octanol–water partition coefficient (Wildman–Crippen LogP) is 5.28. The van der Waals surface area contributed by atoms with E-state index in [1.165, 1.54) is 32.1 Å². The van der Waals surface area contributed by atoms with Gasteiger partial charge in [-0.15, -0.1) is 0 Å². The molecule has 1 heterocycles. The zero-order valence-corrected chi connectivity index (χ0v) is 14.8. The molecule has 4 heteroatoms. The Bertz CT molecular complexity index is 567. The first-order chi connectivity index (χ1) is 11.8. The predicted molar refractivity (Wildman–Crippen MR) is 97.5 cm³/mol. The fourth-order valence-electron chi connectivity index (χ4n) is 2.48.